The molecule has 0 saturated carbocycles. The van der Waals surface area contributed by atoms with Crippen molar-refractivity contribution in [3.05, 3.63) is 24.2 Å². The third-order valence-corrected chi connectivity index (χ3v) is 1.95. The van der Waals surface area contributed by atoms with E-state index in [1.54, 1.807) is 6.07 Å². The van der Waals surface area contributed by atoms with Crippen molar-refractivity contribution in [1.29, 1.82) is 0 Å². The molecule has 1 N–H and O–H groups in total. The van der Waals surface area contributed by atoms with E-state index in [1.807, 2.05) is 0 Å². The van der Waals surface area contributed by atoms with Crippen LogP contribution in [0.3, 0.4) is 0 Å². The summed E-state index contributed by atoms with van der Waals surface area (Å²) in [7, 11) is 1.45. The van der Waals surface area contributed by atoms with Gasteiger partial charge in [-0.25, -0.2) is 4.98 Å². The Bertz CT molecular complexity index is 523. The number of aromatic nitrogens is 4. The first kappa shape index (κ1) is 11.4. The van der Waals surface area contributed by atoms with Crippen molar-refractivity contribution in [2.45, 2.75) is 6.18 Å². The van der Waals surface area contributed by atoms with E-state index in [1.165, 1.54) is 19.4 Å². The lowest BCUT2D eigenvalue weighted by Gasteiger charge is -2.00. The molecule has 17 heavy (non-hydrogen) atoms. The molecule has 2 heterocycles. The number of hydrogen-bond donors (Lipinski definition) is 1. The van der Waals surface area contributed by atoms with Gasteiger partial charge in [0.25, 0.3) is 5.82 Å². The summed E-state index contributed by atoms with van der Waals surface area (Å²) < 4.78 is 41.7. The van der Waals surface area contributed by atoms with E-state index < -0.39 is 12.0 Å². The fourth-order valence-corrected chi connectivity index (χ4v) is 1.17. The van der Waals surface area contributed by atoms with Gasteiger partial charge in [-0.05, 0) is 6.07 Å². The average Bonchev–Trinajstić information content (AvgIpc) is 2.78. The molecule has 0 radical (unpaired) electrons. The number of ether oxygens (including phenoxy) is 1. The smallest absolute Gasteiger partial charge is 0.453 e. The van der Waals surface area contributed by atoms with Crippen molar-refractivity contribution in [1.82, 2.24) is 20.2 Å². The normalized spacial score (nSPS) is 11.5. The Balaban J connectivity index is 2.37. The van der Waals surface area contributed by atoms with Gasteiger partial charge in [0.1, 0.15) is 11.4 Å². The van der Waals surface area contributed by atoms with E-state index in [4.69, 9.17) is 4.74 Å². The van der Waals surface area contributed by atoms with Gasteiger partial charge in [-0.1, -0.05) is 0 Å². The fraction of sp³-hybridized carbons (Fsp3) is 0.222. The Morgan fingerprint density at radius 2 is 2.12 bits per heavy atom. The Morgan fingerprint density at radius 1 is 1.35 bits per heavy atom. The van der Waals surface area contributed by atoms with Crippen molar-refractivity contribution in [3.63, 3.8) is 0 Å². The van der Waals surface area contributed by atoms with Crippen LogP contribution in [0.25, 0.3) is 11.5 Å². The number of rotatable bonds is 2. The van der Waals surface area contributed by atoms with E-state index in [-0.39, 0.29) is 11.5 Å². The van der Waals surface area contributed by atoms with Gasteiger partial charge in [0.2, 0.25) is 0 Å². The molecule has 90 valence electrons. The molecule has 0 amide bonds. The van der Waals surface area contributed by atoms with Crippen molar-refractivity contribution in [2.24, 2.45) is 0 Å². The topological polar surface area (TPSA) is 63.7 Å². The minimum absolute atomic E-state index is 0.0591. The lowest BCUT2D eigenvalue weighted by Crippen LogP contribution is -2.07. The van der Waals surface area contributed by atoms with Crippen LogP contribution in [0, 0.1) is 0 Å². The highest BCUT2D eigenvalue weighted by molar-refractivity contribution is 5.51. The summed E-state index contributed by atoms with van der Waals surface area (Å²) in [6.07, 6.45) is -3.17. The Labute approximate surface area is 93.7 Å². The number of H-pyrrole nitrogens is 1. The van der Waals surface area contributed by atoms with Crippen molar-refractivity contribution >= 4 is 0 Å². The van der Waals surface area contributed by atoms with Crippen LogP contribution in [0.2, 0.25) is 0 Å². The minimum Gasteiger partial charge on any atom is -0.497 e. The second-order valence-corrected chi connectivity index (χ2v) is 3.09. The molecule has 2 aromatic rings. The third kappa shape index (κ3) is 2.35. The van der Waals surface area contributed by atoms with Gasteiger partial charge < -0.3 is 4.74 Å². The van der Waals surface area contributed by atoms with Gasteiger partial charge in [0.05, 0.1) is 7.11 Å². The van der Waals surface area contributed by atoms with Crippen LogP contribution in [0.5, 0.6) is 5.75 Å². The Hall–Kier alpha value is -2.12. The van der Waals surface area contributed by atoms with Crippen LogP contribution >= 0.6 is 0 Å². The van der Waals surface area contributed by atoms with E-state index in [0.717, 1.165) is 0 Å². The zero-order chi connectivity index (χ0) is 12.5. The maximum atomic E-state index is 12.3. The van der Waals surface area contributed by atoms with Crippen LogP contribution in [0.4, 0.5) is 13.2 Å². The number of methoxy groups -OCH3 is 1. The first-order chi connectivity index (χ1) is 8.00. The second-order valence-electron chi connectivity index (χ2n) is 3.09. The molecule has 8 heteroatoms. The molecule has 0 spiro atoms. The average molecular weight is 244 g/mol. The number of nitrogens with zero attached hydrogens (tertiary/aromatic N) is 3. The largest absolute Gasteiger partial charge is 0.497 e. The molecule has 0 aliphatic heterocycles. The molecule has 0 aliphatic carbocycles. The van der Waals surface area contributed by atoms with Crippen LogP contribution < -0.4 is 4.74 Å². The quantitative estimate of drug-likeness (QED) is 0.876. The summed E-state index contributed by atoms with van der Waals surface area (Å²) in [5.41, 5.74) is 0.229. The second kappa shape index (κ2) is 4.04. The standard InChI is InChI=1S/C9H7F3N4O/c1-17-5-2-3-13-6(4-5)7-14-8(16-15-7)9(10,11)12/h2-4H,1H3,(H,14,15,16). The molecule has 0 saturated heterocycles. The maximum absolute atomic E-state index is 12.3. The number of hydrogen-bond acceptors (Lipinski definition) is 4. The monoisotopic (exact) mass is 244 g/mol. The first-order valence-corrected chi connectivity index (χ1v) is 4.50. The molecule has 0 bridgehead atoms. The van der Waals surface area contributed by atoms with Crippen molar-refractivity contribution in [2.75, 3.05) is 7.11 Å². The lowest BCUT2D eigenvalue weighted by atomic mass is 10.3. The van der Waals surface area contributed by atoms with Crippen LogP contribution in [-0.2, 0) is 6.18 Å². The molecular weight excluding hydrogens is 237 g/mol. The summed E-state index contributed by atoms with van der Waals surface area (Å²) >= 11 is 0. The molecule has 2 aromatic heterocycles. The first-order valence-electron chi connectivity index (χ1n) is 4.50. The number of halogens is 3. The number of alkyl halides is 3. The minimum atomic E-state index is -4.58. The van der Waals surface area contributed by atoms with Crippen molar-refractivity contribution < 1.29 is 17.9 Å². The number of pyridine rings is 1. The summed E-state index contributed by atoms with van der Waals surface area (Å²) in [5, 5.41) is 5.26. The zero-order valence-corrected chi connectivity index (χ0v) is 8.62. The molecule has 0 aromatic carbocycles. The fourth-order valence-electron chi connectivity index (χ4n) is 1.17. The van der Waals surface area contributed by atoms with Crippen LogP contribution in [0.15, 0.2) is 18.3 Å². The van der Waals surface area contributed by atoms with Crippen LogP contribution in [-0.4, -0.2) is 27.3 Å². The van der Waals surface area contributed by atoms with Crippen LogP contribution in [0.1, 0.15) is 5.82 Å². The van der Waals surface area contributed by atoms with E-state index >= 15 is 0 Å². The van der Waals surface area contributed by atoms with Gasteiger partial charge in [0.15, 0.2) is 5.82 Å². The highest BCUT2D eigenvalue weighted by Crippen LogP contribution is 2.27. The molecule has 2 rings (SSSR count). The van der Waals surface area contributed by atoms with Gasteiger partial charge in [0, 0.05) is 12.3 Å². The SMILES string of the molecule is COc1ccnc(-c2nc(C(F)(F)F)n[nH]2)c1. The summed E-state index contributed by atoms with van der Waals surface area (Å²) in [6, 6.07) is 3.03. The summed E-state index contributed by atoms with van der Waals surface area (Å²) in [6.45, 7) is 0. The number of aromatic amines is 1. The van der Waals surface area contributed by atoms with Gasteiger partial charge >= 0.3 is 6.18 Å². The molecule has 0 fully saturated rings. The molecule has 0 aliphatic rings. The van der Waals surface area contributed by atoms with E-state index in [9.17, 15) is 13.2 Å². The number of nitrogens with one attached hydrogen (secondary N) is 1. The Kier molecular flexibility index (Phi) is 2.70. The molecular formula is C9H7F3N4O. The molecule has 5 nitrogen and oxygen atoms in total. The van der Waals surface area contributed by atoms with Crippen molar-refractivity contribution in [3.8, 4) is 17.3 Å². The summed E-state index contributed by atoms with van der Waals surface area (Å²) in [5.74, 6) is -0.812. The predicted molar refractivity (Wildman–Crippen MR) is 51.2 cm³/mol. The highest BCUT2D eigenvalue weighted by Gasteiger charge is 2.36. The third-order valence-electron chi connectivity index (χ3n) is 1.95. The molecule has 0 unspecified atom stereocenters. The van der Waals surface area contributed by atoms with Gasteiger partial charge in [-0.3, -0.25) is 10.1 Å². The predicted octanol–water partition coefficient (Wildman–Crippen LogP) is 1.89. The van der Waals surface area contributed by atoms with E-state index in [2.05, 4.69) is 20.2 Å². The maximum Gasteiger partial charge on any atom is 0.453 e. The van der Waals surface area contributed by atoms with Gasteiger partial charge in [-0.15, -0.1) is 5.10 Å². The molecule has 0 atom stereocenters. The highest BCUT2D eigenvalue weighted by atomic mass is 19.4. The van der Waals surface area contributed by atoms with E-state index in [0.29, 0.717) is 5.75 Å². The van der Waals surface area contributed by atoms with Gasteiger partial charge in [-0.2, -0.15) is 13.2 Å². The summed E-state index contributed by atoms with van der Waals surface area (Å²) in [4.78, 5) is 7.19. The lowest BCUT2D eigenvalue weighted by molar-refractivity contribution is -0.144. The zero-order valence-electron chi connectivity index (χ0n) is 8.62. The Morgan fingerprint density at radius 3 is 2.71 bits per heavy atom.